The summed E-state index contributed by atoms with van der Waals surface area (Å²) in [4.78, 5) is 0. The van der Waals surface area contributed by atoms with Crippen molar-refractivity contribution < 1.29 is 23.3 Å². The van der Waals surface area contributed by atoms with Gasteiger partial charge in [-0.3, -0.25) is 0 Å². The van der Waals surface area contributed by atoms with Crippen molar-refractivity contribution in [1.29, 1.82) is 0 Å². The quantitative estimate of drug-likeness (QED) is 0.107. The summed E-state index contributed by atoms with van der Waals surface area (Å²) in [7, 11) is 0. The molecule has 0 nitrogen and oxygen atoms in total. The Balaban J connectivity index is 0.000000332. The van der Waals surface area contributed by atoms with Crippen LogP contribution >= 0.6 is 0 Å². The van der Waals surface area contributed by atoms with Crippen molar-refractivity contribution in [3.8, 4) is 22.3 Å². The molecule has 0 atom stereocenters. The molecule has 6 aromatic carbocycles. The molecule has 2 radical (unpaired) electrons. The van der Waals surface area contributed by atoms with Gasteiger partial charge >= 0.3 is 30.2 Å². The van der Waals surface area contributed by atoms with Crippen LogP contribution in [0, 0.1) is 14.9 Å². The van der Waals surface area contributed by atoms with Crippen molar-refractivity contribution in [2.75, 3.05) is 0 Å². The van der Waals surface area contributed by atoms with Crippen LogP contribution in [0.4, 0.5) is 0 Å². The van der Waals surface area contributed by atoms with Crippen molar-refractivity contribution in [2.24, 2.45) is 0 Å². The maximum absolute atomic E-state index is 3.06. The summed E-state index contributed by atoms with van der Waals surface area (Å²) in [6.07, 6.45) is 0. The van der Waals surface area contributed by atoms with E-state index in [0.29, 0.717) is 35.5 Å². The Morgan fingerprint density at radius 2 is 0.692 bits per heavy atom. The van der Waals surface area contributed by atoms with Gasteiger partial charge in [-0.25, -0.2) is 0 Å². The third-order valence-electron chi connectivity index (χ3n) is 10.1. The molecule has 0 heterocycles. The summed E-state index contributed by atoms with van der Waals surface area (Å²) in [6, 6.07) is 37.1. The van der Waals surface area contributed by atoms with Gasteiger partial charge in [-0.15, -0.1) is 69.1 Å². The molecule has 0 saturated heterocycles. The van der Waals surface area contributed by atoms with Gasteiger partial charge in [0.1, 0.15) is 0 Å². The maximum atomic E-state index is 3.06. The van der Waals surface area contributed by atoms with Gasteiger partial charge in [-0.2, -0.15) is 12.1 Å². The van der Waals surface area contributed by atoms with Crippen LogP contribution in [0.15, 0.2) is 97.1 Å². The SMILES string of the molecule is CC(C)c1cc(-c2cccc3[cH-]c(C(C)C)cc23)cc(C(C)C)c1.CC(C)c1cc(-c2cccc3[cH-]c(C(C)C)cc23)cc(C(C)C)c1.[CH3-].[CH3-].[Si]=[Zr]. The van der Waals surface area contributed by atoms with Crippen molar-refractivity contribution in [3.05, 3.63) is 145 Å². The summed E-state index contributed by atoms with van der Waals surface area (Å²) < 4.78 is 0. The summed E-state index contributed by atoms with van der Waals surface area (Å²) in [6.45, 7) is 30.4. The van der Waals surface area contributed by atoms with Crippen LogP contribution < -0.4 is 0 Å². The Morgan fingerprint density at radius 3 is 0.942 bits per heavy atom. The van der Waals surface area contributed by atoms with Crippen LogP contribution in [0.3, 0.4) is 0 Å². The molecule has 0 saturated carbocycles. The molecule has 0 aliphatic rings. The summed E-state index contributed by atoms with van der Waals surface area (Å²) >= 11 is 1.36. The van der Waals surface area contributed by atoms with E-state index < -0.39 is 0 Å². The number of rotatable bonds is 8. The van der Waals surface area contributed by atoms with Crippen molar-refractivity contribution in [3.63, 3.8) is 0 Å². The van der Waals surface area contributed by atoms with E-state index in [-0.39, 0.29) is 14.9 Å². The zero-order valence-corrected chi connectivity index (χ0v) is 38.2. The number of fused-ring (bicyclic) bond motifs is 2. The van der Waals surface area contributed by atoms with Crippen LogP contribution in [0.25, 0.3) is 43.8 Å². The van der Waals surface area contributed by atoms with Gasteiger partial charge < -0.3 is 14.9 Å². The van der Waals surface area contributed by atoms with Crippen LogP contribution in [0.5, 0.6) is 0 Å². The molecule has 0 N–H and O–H groups in total. The molecule has 0 amide bonds. The van der Waals surface area contributed by atoms with E-state index in [2.05, 4.69) is 187 Å². The normalized spacial score (nSPS) is 11.2. The molecular weight excluding hydrogens is 720 g/mol. The van der Waals surface area contributed by atoms with Crippen LogP contribution in [-0.2, 0) is 23.3 Å². The predicted octanol–water partition coefficient (Wildman–Crippen LogP) is 15.7. The topological polar surface area (TPSA) is 0 Å². The zero-order valence-electron chi connectivity index (χ0n) is 34.7. The fraction of sp³-hybridized carbons (Fsp3) is 0.360. The Kier molecular flexibility index (Phi) is 17.5. The number of benzene rings is 4. The van der Waals surface area contributed by atoms with Crippen molar-refractivity contribution in [2.45, 2.75) is 119 Å². The van der Waals surface area contributed by atoms with Crippen molar-refractivity contribution in [1.82, 2.24) is 0 Å². The first kappa shape index (κ1) is 45.4. The molecule has 0 fully saturated rings. The van der Waals surface area contributed by atoms with Crippen LogP contribution in [-0.4, -0.2) is 6.88 Å². The van der Waals surface area contributed by atoms with Gasteiger partial charge in [0.25, 0.3) is 0 Å². The average molecular weight is 784 g/mol. The Bertz CT molecular complexity index is 1810. The first-order valence-corrected chi connectivity index (χ1v) is 22.9. The second-order valence-electron chi connectivity index (χ2n) is 15.9. The van der Waals surface area contributed by atoms with Crippen LogP contribution in [0.1, 0.15) is 152 Å². The minimum absolute atomic E-state index is 0. The molecule has 0 bridgehead atoms. The molecule has 6 rings (SSSR count). The molecular formula is C50H64SiZr-4. The average Bonchev–Trinajstić information content (AvgIpc) is 3.74. The van der Waals surface area contributed by atoms with E-state index in [1.165, 1.54) is 101 Å². The molecule has 52 heavy (non-hydrogen) atoms. The first-order chi connectivity index (χ1) is 23.7. The van der Waals surface area contributed by atoms with Gasteiger partial charge in [0, 0.05) is 0 Å². The number of hydrogen-bond acceptors (Lipinski definition) is 0. The molecule has 0 aliphatic heterocycles. The molecule has 0 spiro atoms. The fourth-order valence-electron chi connectivity index (χ4n) is 6.68. The molecule has 0 aliphatic carbocycles. The van der Waals surface area contributed by atoms with Gasteiger partial charge in [0.2, 0.25) is 0 Å². The Labute approximate surface area is 335 Å². The summed E-state index contributed by atoms with van der Waals surface area (Å²) in [5, 5.41) is 5.49. The van der Waals surface area contributed by atoms with Crippen LogP contribution in [0.2, 0.25) is 0 Å². The summed E-state index contributed by atoms with van der Waals surface area (Å²) in [5.41, 5.74) is 14.0. The molecule has 6 aromatic rings. The third kappa shape index (κ3) is 10.7. The van der Waals surface area contributed by atoms with E-state index in [1.807, 2.05) is 0 Å². The van der Waals surface area contributed by atoms with E-state index in [9.17, 15) is 0 Å². The number of hydrogen-bond donors (Lipinski definition) is 0. The Hall–Kier alpha value is -2.80. The van der Waals surface area contributed by atoms with E-state index in [0.717, 1.165) is 0 Å². The second kappa shape index (κ2) is 20.0. The van der Waals surface area contributed by atoms with Gasteiger partial charge in [0.15, 0.2) is 0 Å². The summed E-state index contributed by atoms with van der Waals surface area (Å²) in [5.74, 6) is 3.33. The molecule has 0 unspecified atom stereocenters. The van der Waals surface area contributed by atoms with E-state index in [1.54, 1.807) is 0 Å². The molecule has 2 heteroatoms. The monoisotopic (exact) mass is 782 g/mol. The van der Waals surface area contributed by atoms with E-state index in [4.69, 9.17) is 0 Å². The molecule has 276 valence electrons. The Morgan fingerprint density at radius 1 is 0.404 bits per heavy atom. The predicted molar refractivity (Wildman–Crippen MR) is 233 cm³/mol. The standard InChI is InChI=1S/2C24H29.2CH3.Si.Zr/c2*1-15(2)19-11-20(16(3)4)13-22(12-19)23-9-7-8-18-10-21(17(5)6)14-24(18)23;;;;/h2*7-17H,1-6H3;2*1H3;;/q4*-1;;. The van der Waals surface area contributed by atoms with E-state index >= 15 is 0 Å². The van der Waals surface area contributed by atoms with Gasteiger partial charge in [-0.05, 0) is 68.9 Å². The second-order valence-corrected chi connectivity index (χ2v) is 15.9. The first-order valence-electron chi connectivity index (χ1n) is 18.7. The molecule has 0 aromatic heterocycles. The zero-order chi connectivity index (χ0) is 36.9. The van der Waals surface area contributed by atoms with Crippen molar-refractivity contribution >= 4 is 28.4 Å². The van der Waals surface area contributed by atoms with Gasteiger partial charge in [-0.1, -0.05) is 143 Å². The minimum atomic E-state index is 0. The van der Waals surface area contributed by atoms with Gasteiger partial charge in [0.05, 0.1) is 0 Å². The fourth-order valence-corrected chi connectivity index (χ4v) is 6.68. The third-order valence-corrected chi connectivity index (χ3v) is 10.1.